The summed E-state index contributed by atoms with van der Waals surface area (Å²) in [6.45, 7) is 1.70. The normalized spacial score (nSPS) is 10.1. The molecule has 110 valence electrons. The molecule has 6 heteroatoms. The SMILES string of the molecule is CCC(=O)OCCOC(=O)CC(=O)CCc1cccs1. The smallest absolute Gasteiger partial charge is 0.313 e. The van der Waals surface area contributed by atoms with Crippen LogP contribution in [0, 0.1) is 0 Å². The fourth-order valence-corrected chi connectivity index (χ4v) is 2.14. The van der Waals surface area contributed by atoms with Crippen LogP contribution in [-0.2, 0) is 30.3 Å². The maximum atomic E-state index is 11.6. The van der Waals surface area contributed by atoms with Crippen molar-refractivity contribution in [1.82, 2.24) is 0 Å². The predicted octanol–water partition coefficient (Wildman–Crippen LogP) is 2.14. The number of hydrogen-bond donors (Lipinski definition) is 0. The number of carbonyl (C=O) groups excluding carboxylic acids is 3. The van der Waals surface area contributed by atoms with E-state index in [9.17, 15) is 14.4 Å². The van der Waals surface area contributed by atoms with Gasteiger partial charge in [-0.3, -0.25) is 14.4 Å². The largest absolute Gasteiger partial charge is 0.462 e. The Morgan fingerprint density at radius 2 is 1.85 bits per heavy atom. The Balaban J connectivity index is 2.09. The second-order valence-electron chi connectivity index (χ2n) is 4.09. The third kappa shape index (κ3) is 7.04. The third-order valence-corrected chi connectivity index (χ3v) is 3.41. The lowest BCUT2D eigenvalue weighted by Gasteiger charge is -2.05. The van der Waals surface area contributed by atoms with Crippen molar-refractivity contribution >= 4 is 29.1 Å². The van der Waals surface area contributed by atoms with Crippen LogP contribution in [0.3, 0.4) is 0 Å². The Morgan fingerprint density at radius 1 is 1.15 bits per heavy atom. The van der Waals surface area contributed by atoms with Crippen LogP contribution in [0.4, 0.5) is 0 Å². The van der Waals surface area contributed by atoms with Crippen LogP contribution in [0.2, 0.25) is 0 Å². The first-order chi connectivity index (χ1) is 9.61. The van der Waals surface area contributed by atoms with Crippen LogP contribution in [0.5, 0.6) is 0 Å². The van der Waals surface area contributed by atoms with E-state index < -0.39 is 5.97 Å². The van der Waals surface area contributed by atoms with Gasteiger partial charge in [-0.1, -0.05) is 13.0 Å². The standard InChI is InChI=1S/C14H18O5S/c1-2-13(16)18-7-8-19-14(17)10-11(15)5-6-12-4-3-9-20-12/h3-4,9H,2,5-8,10H2,1H3. The summed E-state index contributed by atoms with van der Waals surface area (Å²) in [7, 11) is 0. The highest BCUT2D eigenvalue weighted by atomic mass is 32.1. The second kappa shape index (κ2) is 9.25. The summed E-state index contributed by atoms with van der Waals surface area (Å²) >= 11 is 1.59. The molecule has 1 heterocycles. The highest BCUT2D eigenvalue weighted by Gasteiger charge is 2.11. The van der Waals surface area contributed by atoms with Crippen LogP contribution in [0.15, 0.2) is 17.5 Å². The summed E-state index contributed by atoms with van der Waals surface area (Å²) in [4.78, 5) is 34.8. The van der Waals surface area contributed by atoms with E-state index in [1.54, 1.807) is 18.3 Å². The molecular weight excluding hydrogens is 280 g/mol. The fraction of sp³-hybridized carbons (Fsp3) is 0.500. The monoisotopic (exact) mass is 298 g/mol. The van der Waals surface area contributed by atoms with E-state index in [4.69, 9.17) is 9.47 Å². The summed E-state index contributed by atoms with van der Waals surface area (Å²) in [5.41, 5.74) is 0. The number of aryl methyl sites for hydroxylation is 1. The van der Waals surface area contributed by atoms with Crippen molar-refractivity contribution in [2.24, 2.45) is 0 Å². The molecule has 0 saturated heterocycles. The molecule has 20 heavy (non-hydrogen) atoms. The van der Waals surface area contributed by atoms with Gasteiger partial charge in [0, 0.05) is 17.7 Å². The number of thiophene rings is 1. The first-order valence-corrected chi connectivity index (χ1v) is 7.35. The number of hydrogen-bond acceptors (Lipinski definition) is 6. The van der Waals surface area contributed by atoms with E-state index in [1.165, 1.54) is 0 Å². The molecule has 0 atom stereocenters. The Labute approximate surface area is 121 Å². The third-order valence-electron chi connectivity index (χ3n) is 2.47. The Bertz CT molecular complexity index is 438. The summed E-state index contributed by atoms with van der Waals surface area (Å²) in [5.74, 6) is -1.06. The number of esters is 2. The molecule has 0 N–H and O–H groups in total. The fourth-order valence-electron chi connectivity index (χ4n) is 1.43. The van der Waals surface area contributed by atoms with Crippen LogP contribution < -0.4 is 0 Å². The lowest BCUT2D eigenvalue weighted by Crippen LogP contribution is -2.16. The topological polar surface area (TPSA) is 69.7 Å². The zero-order valence-corrected chi connectivity index (χ0v) is 12.2. The average Bonchev–Trinajstić information content (AvgIpc) is 2.94. The molecule has 0 spiro atoms. The highest BCUT2D eigenvalue weighted by molar-refractivity contribution is 7.09. The molecule has 0 aromatic carbocycles. The molecule has 0 amide bonds. The molecule has 5 nitrogen and oxygen atoms in total. The van der Waals surface area contributed by atoms with Gasteiger partial charge in [-0.15, -0.1) is 11.3 Å². The van der Waals surface area contributed by atoms with Gasteiger partial charge in [-0.25, -0.2) is 0 Å². The van der Waals surface area contributed by atoms with Gasteiger partial charge in [-0.2, -0.15) is 0 Å². The molecule has 0 aliphatic heterocycles. The zero-order chi connectivity index (χ0) is 14.8. The minimum atomic E-state index is -0.575. The molecule has 1 aromatic heterocycles. The van der Waals surface area contributed by atoms with Crippen LogP contribution in [0.1, 0.15) is 31.1 Å². The molecule has 0 radical (unpaired) electrons. The van der Waals surface area contributed by atoms with Crippen molar-refractivity contribution in [3.8, 4) is 0 Å². The molecule has 0 unspecified atom stereocenters. The van der Waals surface area contributed by atoms with Gasteiger partial charge in [0.2, 0.25) is 0 Å². The first-order valence-electron chi connectivity index (χ1n) is 6.47. The van der Waals surface area contributed by atoms with Crippen molar-refractivity contribution in [2.45, 2.75) is 32.6 Å². The van der Waals surface area contributed by atoms with Gasteiger partial charge in [0.25, 0.3) is 0 Å². The number of carbonyl (C=O) groups is 3. The van der Waals surface area contributed by atoms with Crippen molar-refractivity contribution in [1.29, 1.82) is 0 Å². The van der Waals surface area contributed by atoms with Gasteiger partial charge >= 0.3 is 11.9 Å². The average molecular weight is 298 g/mol. The maximum Gasteiger partial charge on any atom is 0.313 e. The van der Waals surface area contributed by atoms with Crippen LogP contribution >= 0.6 is 11.3 Å². The Kier molecular flexibility index (Phi) is 7.57. The summed E-state index contributed by atoms with van der Waals surface area (Å²) < 4.78 is 9.55. The van der Waals surface area contributed by atoms with Gasteiger partial charge < -0.3 is 9.47 Å². The lowest BCUT2D eigenvalue weighted by molar-refractivity contribution is -0.153. The number of ketones is 1. The molecule has 0 fully saturated rings. The summed E-state index contributed by atoms with van der Waals surface area (Å²) in [5, 5.41) is 1.95. The molecule has 0 bridgehead atoms. The lowest BCUT2D eigenvalue weighted by atomic mass is 10.1. The molecule has 1 aromatic rings. The van der Waals surface area contributed by atoms with E-state index in [1.807, 2.05) is 17.5 Å². The van der Waals surface area contributed by atoms with Crippen molar-refractivity contribution in [3.05, 3.63) is 22.4 Å². The molecular formula is C14H18O5S. The van der Waals surface area contributed by atoms with Crippen molar-refractivity contribution in [3.63, 3.8) is 0 Å². The van der Waals surface area contributed by atoms with E-state index in [0.29, 0.717) is 12.8 Å². The molecule has 1 rings (SSSR count). The zero-order valence-electron chi connectivity index (χ0n) is 11.4. The summed E-state index contributed by atoms with van der Waals surface area (Å²) in [6, 6.07) is 3.88. The number of Topliss-reactive ketones (excluding diaryl/α,β-unsaturated/α-hetero) is 1. The van der Waals surface area contributed by atoms with E-state index in [2.05, 4.69) is 0 Å². The van der Waals surface area contributed by atoms with Gasteiger partial charge in [-0.05, 0) is 17.9 Å². The number of rotatable bonds is 9. The molecule has 0 aliphatic carbocycles. The predicted molar refractivity (Wildman–Crippen MR) is 74.5 cm³/mol. The Morgan fingerprint density at radius 3 is 2.45 bits per heavy atom. The van der Waals surface area contributed by atoms with Crippen LogP contribution in [-0.4, -0.2) is 30.9 Å². The van der Waals surface area contributed by atoms with Crippen LogP contribution in [0.25, 0.3) is 0 Å². The molecule has 0 saturated carbocycles. The number of ether oxygens (including phenoxy) is 2. The van der Waals surface area contributed by atoms with Gasteiger partial charge in [0.15, 0.2) is 0 Å². The first kappa shape index (κ1) is 16.4. The van der Waals surface area contributed by atoms with Crippen molar-refractivity contribution in [2.75, 3.05) is 13.2 Å². The summed E-state index contributed by atoms with van der Waals surface area (Å²) in [6.07, 6.45) is 1.04. The van der Waals surface area contributed by atoms with E-state index in [-0.39, 0.29) is 37.8 Å². The molecule has 0 aliphatic rings. The second-order valence-corrected chi connectivity index (χ2v) is 5.12. The quantitative estimate of drug-likeness (QED) is 0.397. The minimum Gasteiger partial charge on any atom is -0.462 e. The minimum absolute atomic E-state index is 0.0111. The van der Waals surface area contributed by atoms with Gasteiger partial charge in [0.1, 0.15) is 25.4 Å². The van der Waals surface area contributed by atoms with E-state index in [0.717, 1.165) is 4.88 Å². The highest BCUT2D eigenvalue weighted by Crippen LogP contribution is 2.11. The van der Waals surface area contributed by atoms with Gasteiger partial charge in [0.05, 0.1) is 0 Å². The van der Waals surface area contributed by atoms with Crippen molar-refractivity contribution < 1.29 is 23.9 Å². The van der Waals surface area contributed by atoms with E-state index >= 15 is 0 Å². The Hall–Kier alpha value is -1.69. The maximum absolute atomic E-state index is 11.6.